The summed E-state index contributed by atoms with van der Waals surface area (Å²) in [5.41, 5.74) is 0.991. The summed E-state index contributed by atoms with van der Waals surface area (Å²) >= 11 is 3.08. The molecule has 90 valence electrons. The Morgan fingerprint density at radius 3 is 3.00 bits per heavy atom. The third kappa shape index (κ3) is 4.51. The molecule has 0 radical (unpaired) electrons. The molecule has 6 heteroatoms. The fourth-order valence-corrected chi connectivity index (χ4v) is 2.63. The van der Waals surface area contributed by atoms with Crippen LogP contribution in [0.4, 0.5) is 5.00 Å². The van der Waals surface area contributed by atoms with Gasteiger partial charge < -0.3 is 5.32 Å². The largest absolute Gasteiger partial charge is 0.324 e. The van der Waals surface area contributed by atoms with Crippen LogP contribution in [0.1, 0.15) is 19.4 Å². The van der Waals surface area contributed by atoms with Gasteiger partial charge >= 0.3 is 5.00 Å². The Balaban J connectivity index is 2.33. The highest BCUT2D eigenvalue weighted by Gasteiger charge is 2.09. The molecule has 1 unspecified atom stereocenters. The van der Waals surface area contributed by atoms with Crippen LogP contribution < -0.4 is 5.32 Å². The van der Waals surface area contributed by atoms with Gasteiger partial charge in [0.05, 0.1) is 4.92 Å². The topological polar surface area (TPSA) is 55.2 Å². The summed E-state index contributed by atoms with van der Waals surface area (Å²) in [5, 5.41) is 15.9. The Labute approximate surface area is 104 Å². The van der Waals surface area contributed by atoms with Crippen LogP contribution in [0.25, 0.3) is 0 Å². The molecule has 1 N–H and O–H groups in total. The number of thiophene rings is 1. The van der Waals surface area contributed by atoms with Gasteiger partial charge in [-0.25, -0.2) is 0 Å². The zero-order chi connectivity index (χ0) is 12.0. The SMILES string of the molecule is CCSCC(C)NCc1csc([N+](=O)[O-])c1. The maximum atomic E-state index is 10.5. The smallest absolute Gasteiger partial charge is 0.309 e. The second-order valence-electron chi connectivity index (χ2n) is 3.49. The highest BCUT2D eigenvalue weighted by molar-refractivity contribution is 7.99. The van der Waals surface area contributed by atoms with E-state index in [0.717, 1.165) is 17.1 Å². The van der Waals surface area contributed by atoms with Crippen molar-refractivity contribution < 1.29 is 4.92 Å². The second kappa shape index (κ2) is 6.88. The zero-order valence-electron chi connectivity index (χ0n) is 9.43. The highest BCUT2D eigenvalue weighted by Crippen LogP contribution is 2.22. The van der Waals surface area contributed by atoms with E-state index in [0.29, 0.717) is 12.6 Å². The maximum absolute atomic E-state index is 10.5. The fourth-order valence-electron chi connectivity index (χ4n) is 1.20. The average molecular weight is 260 g/mol. The van der Waals surface area contributed by atoms with E-state index in [1.807, 2.05) is 17.1 Å². The summed E-state index contributed by atoms with van der Waals surface area (Å²) in [6.45, 7) is 4.97. The van der Waals surface area contributed by atoms with Crippen molar-refractivity contribution in [2.24, 2.45) is 0 Å². The van der Waals surface area contributed by atoms with E-state index >= 15 is 0 Å². The third-order valence-corrected chi connectivity index (χ3v) is 4.12. The first-order valence-electron chi connectivity index (χ1n) is 5.16. The van der Waals surface area contributed by atoms with Crippen molar-refractivity contribution >= 4 is 28.1 Å². The summed E-state index contributed by atoms with van der Waals surface area (Å²) in [6, 6.07) is 2.07. The number of hydrogen-bond donors (Lipinski definition) is 1. The normalized spacial score (nSPS) is 12.6. The molecule has 1 heterocycles. The van der Waals surface area contributed by atoms with Crippen LogP contribution in [0, 0.1) is 10.1 Å². The van der Waals surface area contributed by atoms with Gasteiger partial charge in [0.1, 0.15) is 0 Å². The van der Waals surface area contributed by atoms with Crippen LogP contribution in [-0.2, 0) is 6.54 Å². The Kier molecular flexibility index (Phi) is 5.79. The number of hydrogen-bond acceptors (Lipinski definition) is 5. The summed E-state index contributed by atoms with van der Waals surface area (Å²) < 4.78 is 0. The molecule has 1 aromatic rings. The first-order valence-corrected chi connectivity index (χ1v) is 7.19. The van der Waals surface area contributed by atoms with Crippen LogP contribution in [0.15, 0.2) is 11.4 Å². The van der Waals surface area contributed by atoms with Crippen molar-refractivity contribution in [3.63, 3.8) is 0 Å². The van der Waals surface area contributed by atoms with Gasteiger partial charge in [0.2, 0.25) is 0 Å². The molecule has 0 bridgehead atoms. The minimum absolute atomic E-state index is 0.215. The lowest BCUT2D eigenvalue weighted by Crippen LogP contribution is -2.27. The van der Waals surface area contributed by atoms with E-state index in [9.17, 15) is 10.1 Å². The summed E-state index contributed by atoms with van der Waals surface area (Å²) in [5.74, 6) is 2.19. The van der Waals surface area contributed by atoms with Crippen molar-refractivity contribution in [1.29, 1.82) is 0 Å². The van der Waals surface area contributed by atoms with Crippen LogP contribution in [0.5, 0.6) is 0 Å². The number of nitrogens with one attached hydrogen (secondary N) is 1. The second-order valence-corrected chi connectivity index (χ2v) is 5.70. The minimum atomic E-state index is -0.343. The molecule has 0 aliphatic heterocycles. The zero-order valence-corrected chi connectivity index (χ0v) is 11.1. The molecule has 0 aromatic carbocycles. The monoisotopic (exact) mass is 260 g/mol. The van der Waals surface area contributed by atoms with Gasteiger partial charge in [0.25, 0.3) is 0 Å². The molecular weight excluding hydrogens is 244 g/mol. The quantitative estimate of drug-likeness (QED) is 0.605. The summed E-state index contributed by atoms with van der Waals surface area (Å²) in [7, 11) is 0. The molecule has 0 spiro atoms. The Bertz CT molecular complexity index is 341. The predicted molar refractivity (Wildman–Crippen MR) is 70.3 cm³/mol. The molecule has 0 aliphatic carbocycles. The van der Waals surface area contributed by atoms with E-state index in [1.165, 1.54) is 11.3 Å². The van der Waals surface area contributed by atoms with Crippen LogP contribution in [-0.4, -0.2) is 22.5 Å². The number of rotatable bonds is 7. The molecule has 4 nitrogen and oxygen atoms in total. The first kappa shape index (κ1) is 13.5. The van der Waals surface area contributed by atoms with Crippen LogP contribution in [0.2, 0.25) is 0 Å². The highest BCUT2D eigenvalue weighted by atomic mass is 32.2. The van der Waals surface area contributed by atoms with Crippen molar-refractivity contribution in [2.45, 2.75) is 26.4 Å². The number of nitro groups is 1. The van der Waals surface area contributed by atoms with E-state index in [1.54, 1.807) is 6.07 Å². The molecule has 0 aliphatic rings. The van der Waals surface area contributed by atoms with Crippen molar-refractivity contribution in [3.05, 3.63) is 27.1 Å². The van der Waals surface area contributed by atoms with E-state index in [-0.39, 0.29) is 9.92 Å². The van der Waals surface area contributed by atoms with Gasteiger partial charge in [0.15, 0.2) is 0 Å². The van der Waals surface area contributed by atoms with Gasteiger partial charge in [-0.05, 0) is 18.2 Å². The molecule has 16 heavy (non-hydrogen) atoms. The molecule has 0 saturated carbocycles. The number of thioether (sulfide) groups is 1. The molecule has 0 amide bonds. The summed E-state index contributed by atoms with van der Waals surface area (Å²) in [6.07, 6.45) is 0. The molecule has 0 fully saturated rings. The molecule has 1 rings (SSSR count). The van der Waals surface area contributed by atoms with Gasteiger partial charge in [0, 0.05) is 29.8 Å². The lowest BCUT2D eigenvalue weighted by Gasteiger charge is -2.11. The predicted octanol–water partition coefficient (Wildman–Crippen LogP) is 2.89. The number of nitrogens with zero attached hydrogens (tertiary/aromatic N) is 1. The standard InChI is InChI=1S/C10H16N2O2S2/c1-3-15-6-8(2)11-5-9-4-10(12(13)14)16-7-9/h4,7-8,11H,3,5-6H2,1-2H3. The van der Waals surface area contributed by atoms with Gasteiger partial charge in [-0.15, -0.1) is 0 Å². The Morgan fingerprint density at radius 1 is 1.69 bits per heavy atom. The average Bonchev–Trinajstić information content (AvgIpc) is 2.72. The third-order valence-electron chi connectivity index (χ3n) is 2.05. The Morgan fingerprint density at radius 2 is 2.44 bits per heavy atom. The van der Waals surface area contributed by atoms with Crippen molar-refractivity contribution in [1.82, 2.24) is 5.32 Å². The van der Waals surface area contributed by atoms with Crippen molar-refractivity contribution in [3.8, 4) is 0 Å². The molecular formula is C10H16N2O2S2. The fraction of sp³-hybridized carbons (Fsp3) is 0.600. The van der Waals surface area contributed by atoms with Crippen molar-refractivity contribution in [2.75, 3.05) is 11.5 Å². The van der Waals surface area contributed by atoms with Crippen LogP contribution >= 0.6 is 23.1 Å². The van der Waals surface area contributed by atoms with Gasteiger partial charge in [-0.1, -0.05) is 18.3 Å². The first-order chi connectivity index (χ1) is 7.63. The molecule has 1 atom stereocenters. The Hall–Kier alpha value is -0.590. The lowest BCUT2D eigenvalue weighted by molar-refractivity contribution is -0.380. The maximum Gasteiger partial charge on any atom is 0.324 e. The van der Waals surface area contributed by atoms with E-state index in [2.05, 4.69) is 19.2 Å². The van der Waals surface area contributed by atoms with Gasteiger partial charge in [-0.3, -0.25) is 10.1 Å². The minimum Gasteiger partial charge on any atom is -0.309 e. The van der Waals surface area contributed by atoms with E-state index < -0.39 is 0 Å². The molecule has 0 saturated heterocycles. The van der Waals surface area contributed by atoms with Crippen LogP contribution in [0.3, 0.4) is 0 Å². The molecule has 1 aromatic heterocycles. The van der Waals surface area contributed by atoms with E-state index in [4.69, 9.17) is 0 Å². The van der Waals surface area contributed by atoms with Gasteiger partial charge in [-0.2, -0.15) is 11.8 Å². The summed E-state index contributed by atoms with van der Waals surface area (Å²) in [4.78, 5) is 10.1. The lowest BCUT2D eigenvalue weighted by atomic mass is 10.3.